The molecule has 2 aliphatic heterocycles. The Kier molecular flexibility index (Phi) is 23.8. The molecule has 2 aromatic carbocycles. The number of carbonyl (C=O) groups is 6. The Balaban J connectivity index is 0.795. The molecule has 4 N–H and O–H groups in total. The van der Waals surface area contributed by atoms with Gasteiger partial charge < -0.3 is 54.3 Å². The molecular formula is C58H80N6O13S2. The van der Waals surface area contributed by atoms with Gasteiger partial charge in [-0.3, -0.25) is 28.8 Å². The van der Waals surface area contributed by atoms with E-state index in [0.717, 1.165) is 43.4 Å². The predicted molar refractivity (Wildman–Crippen MR) is 300 cm³/mol. The molecule has 0 radical (unpaired) electrons. The van der Waals surface area contributed by atoms with E-state index < -0.39 is 47.0 Å². The molecule has 6 rings (SSSR count). The molecule has 79 heavy (non-hydrogen) atoms. The lowest BCUT2D eigenvalue weighted by molar-refractivity contribution is -0.147. The second-order valence-corrected chi connectivity index (χ2v) is 24.1. The van der Waals surface area contributed by atoms with Gasteiger partial charge in [-0.2, -0.15) is 0 Å². The van der Waals surface area contributed by atoms with Crippen molar-refractivity contribution in [2.75, 3.05) is 79.2 Å². The first-order chi connectivity index (χ1) is 37.6. The highest BCUT2D eigenvalue weighted by atomic mass is 32.1. The van der Waals surface area contributed by atoms with Crippen LogP contribution in [0, 0.1) is 36.5 Å². The molecule has 0 spiro atoms. The molecule has 4 amide bonds. The molecule has 2 aliphatic rings. The molecule has 19 nitrogen and oxygen atoms in total. The van der Waals surface area contributed by atoms with E-state index >= 15 is 0 Å². The number of rotatable bonds is 30. The number of Topliss-reactive ketones (excluding diaryl/α,β-unsaturated/α-hetero) is 2. The molecule has 21 heteroatoms. The van der Waals surface area contributed by atoms with E-state index in [0.29, 0.717) is 13.2 Å². The molecule has 2 fully saturated rings. The van der Waals surface area contributed by atoms with Gasteiger partial charge in [-0.15, -0.1) is 22.7 Å². The number of nitrogens with zero attached hydrogens (tertiary/aromatic N) is 4. The molecule has 0 saturated carbocycles. The summed E-state index contributed by atoms with van der Waals surface area (Å²) < 4.78 is 27.9. The van der Waals surface area contributed by atoms with E-state index in [4.69, 9.17) is 23.7 Å². The number of likely N-dealkylation sites (tertiary alicyclic amines) is 2. The number of nitrogens with one attached hydrogen (secondary N) is 2. The zero-order valence-corrected chi connectivity index (χ0v) is 48.6. The summed E-state index contributed by atoms with van der Waals surface area (Å²) in [5, 5.41) is 27.0. The Hall–Kier alpha value is -5.36. The molecule has 0 bridgehead atoms. The number of aliphatic hydroxyl groups is 2. The standard InChI is InChI=1S/C58H80N6O13S2/c1-37-51(78-35-61-37)41-13-9-39(10-14-41)29-59-53(69)49-27-43(65)31-63(49)55(71)47(57(3,4)5)25-45(67)33-76-23-21-74-19-17-73-18-20-75-22-24-77-34-46(68)26-48(58(6,7)8)56(72)64-32-44(66)28-50(64)54(70)60-30-40-11-15-42(16-12-40)52-38(2)62-36-79-52/h9-16,35-36,43-44,47-50,65-66H,17-34H2,1-8H3,(H,59,69)(H,60,70)/t43-,44-,47-,48-,49+,50+/m1/s1. The Morgan fingerprint density at radius 1 is 0.557 bits per heavy atom. The van der Waals surface area contributed by atoms with Crippen LogP contribution in [-0.2, 0) is 65.5 Å². The van der Waals surface area contributed by atoms with Crippen molar-refractivity contribution in [1.82, 2.24) is 30.4 Å². The van der Waals surface area contributed by atoms with Crippen molar-refractivity contribution in [1.29, 1.82) is 0 Å². The average molecular weight is 1130 g/mol. The van der Waals surface area contributed by atoms with Gasteiger partial charge in [0.1, 0.15) is 25.3 Å². The maximum atomic E-state index is 14.0. The normalized spacial score (nSPS) is 18.4. The highest BCUT2D eigenvalue weighted by molar-refractivity contribution is 7.13. The monoisotopic (exact) mass is 1130 g/mol. The molecule has 2 aromatic heterocycles. The number of hydrogen-bond donors (Lipinski definition) is 4. The van der Waals surface area contributed by atoms with Crippen molar-refractivity contribution < 1.29 is 62.7 Å². The van der Waals surface area contributed by atoms with Gasteiger partial charge in [0.15, 0.2) is 11.6 Å². The van der Waals surface area contributed by atoms with Gasteiger partial charge in [-0.25, -0.2) is 9.97 Å². The van der Waals surface area contributed by atoms with Crippen LogP contribution in [0.4, 0.5) is 0 Å². The summed E-state index contributed by atoms with van der Waals surface area (Å²) in [6.45, 7) is 17.2. The van der Waals surface area contributed by atoms with Crippen molar-refractivity contribution >= 4 is 57.9 Å². The molecule has 432 valence electrons. The second-order valence-electron chi connectivity index (χ2n) is 22.4. The average Bonchev–Trinajstić information content (AvgIpc) is 4.28. The molecule has 6 atom stereocenters. The van der Waals surface area contributed by atoms with Crippen LogP contribution in [-0.4, -0.2) is 169 Å². The van der Waals surface area contributed by atoms with Gasteiger partial charge in [0.2, 0.25) is 23.6 Å². The number of amides is 4. The third-order valence-corrected chi connectivity index (χ3v) is 16.1. The number of aryl methyl sites for hydroxylation is 2. The summed E-state index contributed by atoms with van der Waals surface area (Å²) in [5.74, 6) is -3.45. The maximum Gasteiger partial charge on any atom is 0.243 e. The number of carbonyl (C=O) groups excluding carboxylic acids is 6. The van der Waals surface area contributed by atoms with Crippen LogP contribution >= 0.6 is 22.7 Å². The van der Waals surface area contributed by atoms with Gasteiger partial charge in [-0.05, 0) is 46.9 Å². The van der Waals surface area contributed by atoms with Crippen LogP contribution in [0.5, 0.6) is 0 Å². The Bertz CT molecular complexity index is 2450. The highest BCUT2D eigenvalue weighted by Gasteiger charge is 2.46. The lowest BCUT2D eigenvalue weighted by Crippen LogP contribution is -2.50. The largest absolute Gasteiger partial charge is 0.391 e. The number of hydrogen-bond acceptors (Lipinski definition) is 17. The first-order valence-electron chi connectivity index (χ1n) is 27.0. The Morgan fingerprint density at radius 2 is 0.886 bits per heavy atom. The summed E-state index contributed by atoms with van der Waals surface area (Å²) in [6.07, 6.45) is -1.68. The molecule has 4 heterocycles. The van der Waals surface area contributed by atoms with E-state index in [2.05, 4.69) is 20.6 Å². The van der Waals surface area contributed by atoms with E-state index in [1.165, 1.54) is 9.80 Å². The van der Waals surface area contributed by atoms with Crippen LogP contribution in [0.15, 0.2) is 59.6 Å². The second kappa shape index (κ2) is 29.9. The summed E-state index contributed by atoms with van der Waals surface area (Å²) in [4.78, 5) is 94.8. The molecular weight excluding hydrogens is 1050 g/mol. The van der Waals surface area contributed by atoms with Crippen molar-refractivity contribution in [3.05, 3.63) is 82.1 Å². The van der Waals surface area contributed by atoms with Crippen LogP contribution < -0.4 is 10.6 Å². The van der Waals surface area contributed by atoms with Crippen molar-refractivity contribution in [3.8, 4) is 20.9 Å². The number of ketones is 2. The van der Waals surface area contributed by atoms with Crippen LogP contribution in [0.3, 0.4) is 0 Å². The topological polar surface area (TPSA) is 245 Å². The van der Waals surface area contributed by atoms with E-state index in [1.54, 1.807) is 22.7 Å². The van der Waals surface area contributed by atoms with Gasteiger partial charge in [0, 0.05) is 63.7 Å². The quantitative estimate of drug-likeness (QED) is 0.0456. The van der Waals surface area contributed by atoms with Crippen molar-refractivity contribution in [2.45, 2.75) is 118 Å². The fourth-order valence-corrected chi connectivity index (χ4v) is 11.2. The maximum absolute atomic E-state index is 14.0. The van der Waals surface area contributed by atoms with E-state index in [1.807, 2.05) is 115 Å². The summed E-state index contributed by atoms with van der Waals surface area (Å²) in [6, 6.07) is 14.0. The molecule has 0 aliphatic carbocycles. The summed E-state index contributed by atoms with van der Waals surface area (Å²) >= 11 is 3.13. The molecule has 0 unspecified atom stereocenters. The Morgan fingerprint density at radius 3 is 1.19 bits per heavy atom. The number of ether oxygens (including phenoxy) is 5. The minimum Gasteiger partial charge on any atom is -0.391 e. The number of thiazole rings is 2. The highest BCUT2D eigenvalue weighted by Crippen LogP contribution is 2.36. The third kappa shape index (κ3) is 18.9. The minimum absolute atomic E-state index is 0.00297. The van der Waals surface area contributed by atoms with Gasteiger partial charge in [0.25, 0.3) is 0 Å². The van der Waals surface area contributed by atoms with Crippen molar-refractivity contribution in [2.24, 2.45) is 22.7 Å². The number of aliphatic hydroxyl groups excluding tert-OH is 2. The molecule has 2 saturated heterocycles. The van der Waals surface area contributed by atoms with Crippen LogP contribution in [0.2, 0.25) is 0 Å². The van der Waals surface area contributed by atoms with E-state index in [-0.39, 0.29) is 140 Å². The predicted octanol–water partition coefficient (Wildman–Crippen LogP) is 5.73. The summed E-state index contributed by atoms with van der Waals surface area (Å²) in [5.41, 5.74) is 8.17. The van der Waals surface area contributed by atoms with Crippen molar-refractivity contribution in [3.63, 3.8) is 0 Å². The number of β-amino-alcohol motifs (C(OH)–C–C–N with tert-alkyl or cyclic N) is 2. The first-order valence-corrected chi connectivity index (χ1v) is 28.8. The summed E-state index contributed by atoms with van der Waals surface area (Å²) in [7, 11) is 0. The number of benzene rings is 2. The lowest BCUT2D eigenvalue weighted by Gasteiger charge is -2.34. The smallest absolute Gasteiger partial charge is 0.243 e. The van der Waals surface area contributed by atoms with Crippen LogP contribution in [0.1, 0.15) is 89.7 Å². The minimum atomic E-state index is -0.866. The first kappa shape index (κ1) is 62.8. The SMILES string of the molecule is Cc1ncsc1-c1ccc(CNC(=O)[C@@H]2C[C@@H](O)CN2C(=O)[C@@H](CC(=O)COCCOCCOCCOCCOCC(=O)C[C@H](C(=O)N2C[C@H](O)C[C@H]2C(=O)NCc2ccc(-c3scnc3C)cc2)C(C)(C)C)C(C)(C)C)cc1. The fourth-order valence-electron chi connectivity index (χ4n) is 9.58. The Labute approximate surface area is 472 Å². The fraction of sp³-hybridized carbons (Fsp3) is 0.586. The van der Waals surface area contributed by atoms with Gasteiger partial charge >= 0.3 is 0 Å². The zero-order chi connectivity index (χ0) is 57.3. The van der Waals surface area contributed by atoms with Gasteiger partial charge in [0.05, 0.1) is 97.2 Å². The zero-order valence-electron chi connectivity index (χ0n) is 47.0. The number of aromatic nitrogens is 2. The van der Waals surface area contributed by atoms with E-state index in [9.17, 15) is 39.0 Å². The van der Waals surface area contributed by atoms with Gasteiger partial charge in [-0.1, -0.05) is 90.1 Å². The van der Waals surface area contributed by atoms with Crippen LogP contribution in [0.25, 0.3) is 20.9 Å². The lowest BCUT2D eigenvalue weighted by atomic mass is 9.77. The molecule has 4 aromatic rings. The third-order valence-electron chi connectivity index (χ3n) is 14.2.